The van der Waals surface area contributed by atoms with Gasteiger partial charge in [-0.15, -0.1) is 10.2 Å². The molecular formula is C24H29N5O2S. The van der Waals surface area contributed by atoms with Gasteiger partial charge in [0.05, 0.1) is 24.7 Å². The number of aryl methyl sites for hydroxylation is 2. The predicted molar refractivity (Wildman–Crippen MR) is 128 cm³/mol. The minimum absolute atomic E-state index is 0.0602. The van der Waals surface area contributed by atoms with E-state index in [1.54, 1.807) is 4.90 Å². The Morgan fingerprint density at radius 2 is 1.88 bits per heavy atom. The van der Waals surface area contributed by atoms with Crippen molar-refractivity contribution in [2.24, 2.45) is 0 Å². The number of thioether (sulfide) groups is 1. The first kappa shape index (κ1) is 22.4. The van der Waals surface area contributed by atoms with E-state index >= 15 is 0 Å². The van der Waals surface area contributed by atoms with Gasteiger partial charge in [0.1, 0.15) is 0 Å². The van der Waals surface area contributed by atoms with Crippen molar-refractivity contribution in [2.45, 2.75) is 25.5 Å². The summed E-state index contributed by atoms with van der Waals surface area (Å²) in [4.78, 5) is 16.8. The van der Waals surface area contributed by atoms with Crippen LogP contribution in [0.4, 0.5) is 5.95 Å². The fourth-order valence-corrected chi connectivity index (χ4v) is 4.57. The van der Waals surface area contributed by atoms with E-state index in [0.717, 1.165) is 41.0 Å². The van der Waals surface area contributed by atoms with Crippen molar-refractivity contribution in [3.05, 3.63) is 65.2 Å². The minimum Gasteiger partial charge on any atom is -0.378 e. The lowest BCUT2D eigenvalue weighted by Gasteiger charge is -2.28. The third-order valence-corrected chi connectivity index (χ3v) is 6.50. The van der Waals surface area contributed by atoms with Crippen LogP contribution < -0.4 is 4.90 Å². The summed E-state index contributed by atoms with van der Waals surface area (Å²) in [5.41, 5.74) is 4.51. The smallest absolute Gasteiger partial charge is 0.233 e. The summed E-state index contributed by atoms with van der Waals surface area (Å²) in [7, 11) is 1.85. The number of amides is 1. The highest BCUT2D eigenvalue weighted by atomic mass is 32.2. The predicted octanol–water partition coefficient (Wildman–Crippen LogP) is 3.47. The Balaban J connectivity index is 1.52. The molecule has 8 heteroatoms. The molecule has 2 aromatic carbocycles. The fraction of sp³-hybridized carbons (Fsp3) is 0.375. The van der Waals surface area contributed by atoms with Crippen molar-refractivity contribution in [1.82, 2.24) is 19.7 Å². The summed E-state index contributed by atoms with van der Waals surface area (Å²) in [5, 5.41) is 9.65. The Morgan fingerprint density at radius 1 is 1.09 bits per heavy atom. The molecule has 1 amide bonds. The third-order valence-electron chi connectivity index (χ3n) is 5.59. The second-order valence-corrected chi connectivity index (χ2v) is 8.96. The quantitative estimate of drug-likeness (QED) is 0.513. The van der Waals surface area contributed by atoms with E-state index in [2.05, 4.69) is 63.8 Å². The van der Waals surface area contributed by atoms with Crippen LogP contribution in [0.2, 0.25) is 0 Å². The summed E-state index contributed by atoms with van der Waals surface area (Å²) >= 11 is 1.42. The number of ether oxygens (including phenoxy) is 1. The van der Waals surface area contributed by atoms with Gasteiger partial charge in [0.25, 0.3) is 0 Å². The van der Waals surface area contributed by atoms with Crippen LogP contribution >= 0.6 is 11.8 Å². The van der Waals surface area contributed by atoms with Gasteiger partial charge in [-0.2, -0.15) is 0 Å². The molecule has 168 valence electrons. The normalized spacial score (nSPS) is 13.9. The molecule has 0 atom stereocenters. The molecule has 0 radical (unpaired) electrons. The van der Waals surface area contributed by atoms with Crippen LogP contribution in [0.5, 0.6) is 0 Å². The Hall–Kier alpha value is -2.84. The molecule has 1 aliphatic rings. The monoisotopic (exact) mass is 451 g/mol. The van der Waals surface area contributed by atoms with Gasteiger partial charge in [-0.25, -0.2) is 0 Å². The maximum atomic E-state index is 12.9. The molecular weight excluding hydrogens is 422 g/mol. The molecule has 3 aromatic rings. The Morgan fingerprint density at radius 3 is 2.62 bits per heavy atom. The zero-order chi connectivity index (χ0) is 22.5. The molecule has 4 rings (SSSR count). The number of morpholine rings is 1. The zero-order valence-corrected chi connectivity index (χ0v) is 19.6. The summed E-state index contributed by atoms with van der Waals surface area (Å²) < 4.78 is 7.55. The second-order valence-electron chi connectivity index (χ2n) is 8.02. The average molecular weight is 452 g/mol. The SMILES string of the molecule is Cc1cccc(-n2c(SCC(=O)N(C)Cc3ccccc3C)nnc2N2CCOCC2)c1. The number of carbonyl (C=O) groups excluding carboxylic acids is 1. The third kappa shape index (κ3) is 5.14. The molecule has 0 unspecified atom stereocenters. The van der Waals surface area contributed by atoms with Gasteiger partial charge in [-0.05, 0) is 42.7 Å². The van der Waals surface area contributed by atoms with E-state index in [9.17, 15) is 4.79 Å². The Labute approximate surface area is 193 Å². The summed E-state index contributed by atoms with van der Waals surface area (Å²) in [6.07, 6.45) is 0. The number of hydrogen-bond donors (Lipinski definition) is 0. The molecule has 1 fully saturated rings. The Kier molecular flexibility index (Phi) is 7.12. The van der Waals surface area contributed by atoms with Gasteiger partial charge in [0.2, 0.25) is 11.9 Å². The van der Waals surface area contributed by atoms with E-state index in [1.165, 1.54) is 17.3 Å². The summed E-state index contributed by atoms with van der Waals surface area (Å²) in [6.45, 7) is 7.62. The van der Waals surface area contributed by atoms with Gasteiger partial charge in [0.15, 0.2) is 5.16 Å². The molecule has 0 aliphatic carbocycles. The first-order chi connectivity index (χ1) is 15.5. The largest absolute Gasteiger partial charge is 0.378 e. The van der Waals surface area contributed by atoms with Crippen molar-refractivity contribution < 1.29 is 9.53 Å². The first-order valence-electron chi connectivity index (χ1n) is 10.8. The van der Waals surface area contributed by atoms with Crippen LogP contribution in [-0.4, -0.2) is 64.7 Å². The van der Waals surface area contributed by atoms with Gasteiger partial charge in [-0.3, -0.25) is 9.36 Å². The molecule has 0 bridgehead atoms. The molecule has 0 N–H and O–H groups in total. The van der Waals surface area contributed by atoms with E-state index in [-0.39, 0.29) is 5.91 Å². The minimum atomic E-state index is 0.0602. The highest BCUT2D eigenvalue weighted by molar-refractivity contribution is 7.99. The van der Waals surface area contributed by atoms with Crippen molar-refractivity contribution >= 4 is 23.6 Å². The molecule has 7 nitrogen and oxygen atoms in total. The lowest BCUT2D eigenvalue weighted by molar-refractivity contribution is -0.127. The molecule has 1 aliphatic heterocycles. The summed E-state index contributed by atoms with van der Waals surface area (Å²) in [6, 6.07) is 16.4. The number of anilines is 1. The van der Waals surface area contributed by atoms with Gasteiger partial charge >= 0.3 is 0 Å². The van der Waals surface area contributed by atoms with Crippen LogP contribution in [0.1, 0.15) is 16.7 Å². The molecule has 1 saturated heterocycles. The van der Waals surface area contributed by atoms with E-state index in [4.69, 9.17) is 4.74 Å². The molecule has 0 spiro atoms. The highest BCUT2D eigenvalue weighted by Gasteiger charge is 2.23. The standard InChI is InChI=1S/C24H29N5O2S/c1-18-7-6-10-21(15-18)29-23(28-11-13-31-14-12-28)25-26-24(29)32-17-22(30)27(3)16-20-9-5-4-8-19(20)2/h4-10,15H,11-14,16-17H2,1-3H3. The molecule has 32 heavy (non-hydrogen) atoms. The molecule has 0 saturated carbocycles. The van der Waals surface area contributed by atoms with Crippen LogP contribution in [0.25, 0.3) is 5.69 Å². The topological polar surface area (TPSA) is 63.5 Å². The maximum absolute atomic E-state index is 12.9. The number of carbonyl (C=O) groups is 1. The van der Waals surface area contributed by atoms with Crippen LogP contribution in [0, 0.1) is 13.8 Å². The van der Waals surface area contributed by atoms with Crippen molar-refractivity contribution in [2.75, 3.05) is 44.0 Å². The number of hydrogen-bond acceptors (Lipinski definition) is 6. The van der Waals surface area contributed by atoms with Crippen molar-refractivity contribution in [3.63, 3.8) is 0 Å². The maximum Gasteiger partial charge on any atom is 0.233 e. The fourth-order valence-electron chi connectivity index (χ4n) is 3.68. The van der Waals surface area contributed by atoms with E-state index in [1.807, 2.05) is 25.2 Å². The first-order valence-corrected chi connectivity index (χ1v) is 11.8. The van der Waals surface area contributed by atoms with Gasteiger partial charge < -0.3 is 14.5 Å². The van der Waals surface area contributed by atoms with Crippen molar-refractivity contribution in [1.29, 1.82) is 0 Å². The van der Waals surface area contributed by atoms with Crippen molar-refractivity contribution in [3.8, 4) is 5.69 Å². The number of rotatable bonds is 7. The van der Waals surface area contributed by atoms with Crippen LogP contribution in [0.3, 0.4) is 0 Å². The van der Waals surface area contributed by atoms with Gasteiger partial charge in [-0.1, -0.05) is 48.2 Å². The Bertz CT molecular complexity index is 1080. The number of nitrogens with zero attached hydrogens (tertiary/aromatic N) is 5. The lowest BCUT2D eigenvalue weighted by Crippen LogP contribution is -2.37. The average Bonchev–Trinajstić information content (AvgIpc) is 3.23. The lowest BCUT2D eigenvalue weighted by atomic mass is 10.1. The highest BCUT2D eigenvalue weighted by Crippen LogP contribution is 2.28. The number of benzene rings is 2. The van der Waals surface area contributed by atoms with E-state index in [0.29, 0.717) is 25.5 Å². The zero-order valence-electron chi connectivity index (χ0n) is 18.8. The van der Waals surface area contributed by atoms with Crippen LogP contribution in [0.15, 0.2) is 53.7 Å². The molecule has 1 aromatic heterocycles. The second kappa shape index (κ2) is 10.2. The summed E-state index contributed by atoms with van der Waals surface area (Å²) in [5.74, 6) is 1.15. The van der Waals surface area contributed by atoms with Gasteiger partial charge in [0, 0.05) is 26.7 Å². The molecule has 2 heterocycles. The van der Waals surface area contributed by atoms with Crippen LogP contribution in [-0.2, 0) is 16.1 Å². The van der Waals surface area contributed by atoms with E-state index < -0.39 is 0 Å². The number of aromatic nitrogens is 3.